The number of aromatic nitrogens is 5. The van der Waals surface area contributed by atoms with Gasteiger partial charge in [-0.2, -0.15) is 5.10 Å². The highest BCUT2D eigenvalue weighted by Gasteiger charge is 2.31. The minimum Gasteiger partial charge on any atom is -0.395 e. The lowest BCUT2D eigenvalue weighted by Gasteiger charge is -2.41. The van der Waals surface area contributed by atoms with Gasteiger partial charge in [0.05, 0.1) is 18.0 Å². The molecule has 1 saturated carbocycles. The van der Waals surface area contributed by atoms with Gasteiger partial charge < -0.3 is 15.4 Å². The van der Waals surface area contributed by atoms with Crippen molar-refractivity contribution in [3.8, 4) is 11.3 Å². The zero-order valence-corrected chi connectivity index (χ0v) is 24.5. The molecule has 2 fully saturated rings. The first-order valence-electron chi connectivity index (χ1n) is 15.0. The highest BCUT2D eigenvalue weighted by molar-refractivity contribution is 6.31. The molecule has 1 aliphatic heterocycles. The molecule has 0 bridgehead atoms. The molecule has 7 rings (SSSR count). The van der Waals surface area contributed by atoms with Crippen molar-refractivity contribution < 1.29 is 5.11 Å². The normalized spacial score (nSPS) is 20.5. The van der Waals surface area contributed by atoms with Crippen LogP contribution in [0.4, 0.5) is 5.82 Å². The van der Waals surface area contributed by atoms with Crippen LogP contribution in [0.5, 0.6) is 0 Å². The summed E-state index contributed by atoms with van der Waals surface area (Å²) < 4.78 is 4.34. The lowest BCUT2D eigenvalue weighted by atomic mass is 9.90. The number of aliphatic hydroxyl groups excluding tert-OH is 1. The number of anilines is 1. The molecule has 5 aromatic rings. The van der Waals surface area contributed by atoms with E-state index in [1.807, 2.05) is 18.2 Å². The molecule has 1 saturated heterocycles. The third-order valence-corrected chi connectivity index (χ3v) is 9.58. The summed E-state index contributed by atoms with van der Waals surface area (Å²) in [5.41, 5.74) is 11.4. The van der Waals surface area contributed by atoms with Gasteiger partial charge in [-0.05, 0) is 55.5 Å². The lowest BCUT2D eigenvalue weighted by molar-refractivity contribution is 0.0629. The number of hydrogen-bond donors (Lipinski definition) is 2. The van der Waals surface area contributed by atoms with Crippen LogP contribution in [0.2, 0.25) is 5.02 Å². The summed E-state index contributed by atoms with van der Waals surface area (Å²) in [5.74, 6) is 0.465. The SMILES string of the molecule is Nc1ncnc2c1c(-c1ccc3c(ccn3Cc3ccccc3Cl)c1)nn2C1CCC(N2CCN(CCO)CC2)CC1. The van der Waals surface area contributed by atoms with Crippen LogP contribution in [-0.2, 0) is 6.54 Å². The molecule has 0 amide bonds. The maximum absolute atomic E-state index is 9.26. The third kappa shape index (κ3) is 5.15. The summed E-state index contributed by atoms with van der Waals surface area (Å²) in [4.78, 5) is 14.0. The molecular formula is C32H37ClN8O. The number of β-amino-alcohol motifs (C(OH)–C–C–N with tert-alkyl or cyclic N) is 1. The summed E-state index contributed by atoms with van der Waals surface area (Å²) in [6, 6.07) is 17.5. The van der Waals surface area contributed by atoms with Gasteiger partial charge in [-0.1, -0.05) is 35.9 Å². The van der Waals surface area contributed by atoms with Crippen molar-refractivity contribution >= 4 is 39.4 Å². The number of halogens is 1. The van der Waals surface area contributed by atoms with Crippen molar-refractivity contribution in [2.75, 3.05) is 45.1 Å². The number of hydrogen-bond acceptors (Lipinski definition) is 7. The fraction of sp³-hybridized carbons (Fsp3) is 0.406. The highest BCUT2D eigenvalue weighted by Crippen LogP contribution is 2.38. The van der Waals surface area contributed by atoms with Gasteiger partial charge in [0.25, 0.3) is 0 Å². The molecule has 42 heavy (non-hydrogen) atoms. The van der Waals surface area contributed by atoms with Crippen molar-refractivity contribution in [2.45, 2.75) is 44.3 Å². The van der Waals surface area contributed by atoms with Crippen LogP contribution in [0, 0.1) is 0 Å². The first-order valence-corrected chi connectivity index (χ1v) is 15.4. The lowest BCUT2D eigenvalue weighted by Crippen LogP contribution is -2.51. The Balaban J connectivity index is 1.13. The smallest absolute Gasteiger partial charge is 0.164 e. The van der Waals surface area contributed by atoms with E-state index in [9.17, 15) is 5.11 Å². The first-order chi connectivity index (χ1) is 20.6. The second kappa shape index (κ2) is 11.6. The number of aliphatic hydroxyl groups is 1. The second-order valence-corrected chi connectivity index (χ2v) is 12.0. The Kier molecular flexibility index (Phi) is 7.58. The average molecular weight is 585 g/mol. The van der Waals surface area contributed by atoms with Crippen LogP contribution in [0.3, 0.4) is 0 Å². The molecule has 0 unspecified atom stereocenters. The molecule has 2 aliphatic rings. The Morgan fingerprint density at radius 2 is 1.71 bits per heavy atom. The van der Waals surface area contributed by atoms with Crippen molar-refractivity contribution in [1.82, 2.24) is 34.1 Å². The minimum absolute atomic E-state index is 0.239. The van der Waals surface area contributed by atoms with E-state index in [0.717, 1.165) is 102 Å². The van der Waals surface area contributed by atoms with E-state index in [2.05, 4.69) is 65.5 Å². The number of rotatable bonds is 7. The monoisotopic (exact) mass is 584 g/mol. The van der Waals surface area contributed by atoms with Crippen LogP contribution in [0.15, 0.2) is 61.1 Å². The fourth-order valence-corrected chi connectivity index (χ4v) is 7.10. The molecule has 3 N–H and O–H groups in total. The van der Waals surface area contributed by atoms with Gasteiger partial charge in [-0.15, -0.1) is 0 Å². The van der Waals surface area contributed by atoms with E-state index in [1.54, 1.807) is 6.33 Å². The summed E-state index contributed by atoms with van der Waals surface area (Å²) in [6.45, 7) is 5.97. The Labute approximate surface area is 250 Å². The standard InChI is InChI=1S/C32H37ClN8O/c33-27-4-2-1-3-24(27)20-40-12-11-22-19-23(5-10-28(22)40)30-29-31(34)35-21-36-32(29)41(37-30)26-8-6-25(7-9-26)39-15-13-38(14-16-39)17-18-42/h1-5,10-12,19,21,25-26,42H,6-9,13-18,20H2,(H2,34,35,36). The summed E-state index contributed by atoms with van der Waals surface area (Å²) in [6.07, 6.45) is 8.07. The zero-order chi connectivity index (χ0) is 28.6. The van der Waals surface area contributed by atoms with Crippen LogP contribution >= 0.6 is 11.6 Å². The van der Waals surface area contributed by atoms with Crippen molar-refractivity contribution in [1.29, 1.82) is 0 Å². The van der Waals surface area contributed by atoms with Gasteiger partial charge in [0, 0.05) is 73.0 Å². The van der Waals surface area contributed by atoms with Crippen LogP contribution in [-0.4, -0.2) is 84.6 Å². The summed E-state index contributed by atoms with van der Waals surface area (Å²) in [7, 11) is 0. The maximum Gasteiger partial charge on any atom is 0.164 e. The molecule has 1 aliphatic carbocycles. The van der Waals surface area contributed by atoms with Gasteiger partial charge in [0.2, 0.25) is 0 Å². The number of fused-ring (bicyclic) bond motifs is 2. The fourth-order valence-electron chi connectivity index (χ4n) is 6.91. The van der Waals surface area contributed by atoms with Gasteiger partial charge in [0.15, 0.2) is 5.65 Å². The van der Waals surface area contributed by atoms with Crippen LogP contribution < -0.4 is 5.73 Å². The predicted octanol–water partition coefficient (Wildman–Crippen LogP) is 4.83. The number of piperazine rings is 1. The average Bonchev–Trinajstić information content (AvgIpc) is 3.61. The molecule has 3 aromatic heterocycles. The second-order valence-electron chi connectivity index (χ2n) is 11.6. The highest BCUT2D eigenvalue weighted by atomic mass is 35.5. The minimum atomic E-state index is 0.239. The van der Waals surface area contributed by atoms with Gasteiger partial charge in [-0.25, -0.2) is 14.6 Å². The largest absolute Gasteiger partial charge is 0.395 e. The van der Waals surface area contributed by atoms with E-state index < -0.39 is 0 Å². The van der Waals surface area contributed by atoms with E-state index in [0.29, 0.717) is 18.4 Å². The van der Waals surface area contributed by atoms with Crippen molar-refractivity contribution in [3.63, 3.8) is 0 Å². The Morgan fingerprint density at radius 1 is 0.929 bits per heavy atom. The number of nitrogens with zero attached hydrogens (tertiary/aromatic N) is 7. The first kappa shape index (κ1) is 27.3. The molecule has 0 spiro atoms. The topological polar surface area (TPSA) is 101 Å². The Hall–Kier alpha value is -3.50. The van der Waals surface area contributed by atoms with E-state index in [1.165, 1.54) is 0 Å². The molecule has 2 aromatic carbocycles. The zero-order valence-electron chi connectivity index (χ0n) is 23.7. The third-order valence-electron chi connectivity index (χ3n) is 9.21. The van der Waals surface area contributed by atoms with Gasteiger partial charge in [0.1, 0.15) is 17.8 Å². The van der Waals surface area contributed by atoms with E-state index >= 15 is 0 Å². The molecule has 0 radical (unpaired) electrons. The van der Waals surface area contributed by atoms with E-state index in [-0.39, 0.29) is 12.6 Å². The molecule has 4 heterocycles. The molecular weight excluding hydrogens is 548 g/mol. The van der Waals surface area contributed by atoms with Gasteiger partial charge >= 0.3 is 0 Å². The molecule has 9 nitrogen and oxygen atoms in total. The summed E-state index contributed by atoms with van der Waals surface area (Å²) >= 11 is 6.44. The summed E-state index contributed by atoms with van der Waals surface area (Å²) in [5, 5.41) is 17.2. The number of benzene rings is 2. The number of nitrogen functional groups attached to an aromatic ring is 1. The Morgan fingerprint density at radius 3 is 2.50 bits per heavy atom. The van der Waals surface area contributed by atoms with Crippen molar-refractivity contribution in [2.24, 2.45) is 0 Å². The van der Waals surface area contributed by atoms with Gasteiger partial charge in [-0.3, -0.25) is 9.80 Å². The predicted molar refractivity (Wildman–Crippen MR) is 168 cm³/mol. The molecule has 0 atom stereocenters. The van der Waals surface area contributed by atoms with Crippen LogP contribution in [0.1, 0.15) is 37.3 Å². The number of nitrogens with two attached hydrogens (primary N) is 1. The maximum atomic E-state index is 9.26. The molecule has 10 heteroatoms. The molecule has 218 valence electrons. The van der Waals surface area contributed by atoms with Crippen molar-refractivity contribution in [3.05, 3.63) is 71.6 Å². The van der Waals surface area contributed by atoms with Crippen LogP contribution in [0.25, 0.3) is 33.2 Å². The van der Waals surface area contributed by atoms with E-state index in [4.69, 9.17) is 22.4 Å². The quantitative estimate of drug-likeness (QED) is 0.283. The Bertz CT molecular complexity index is 1700.